The second-order valence-corrected chi connectivity index (χ2v) is 5.13. The summed E-state index contributed by atoms with van der Waals surface area (Å²) in [5.41, 5.74) is 4.78. The maximum atomic E-state index is 5.86. The molecule has 0 saturated carbocycles. The molecule has 2 aromatic rings. The van der Waals surface area contributed by atoms with Gasteiger partial charge in [-0.25, -0.2) is 10.1 Å². The van der Waals surface area contributed by atoms with Crippen LogP contribution in [0.2, 0.25) is 0 Å². The average molecular weight is 331 g/mol. The number of ether oxygens (including phenoxy) is 1. The fraction of sp³-hybridized carbons (Fsp3) is 0.438. The van der Waals surface area contributed by atoms with Gasteiger partial charge in [-0.2, -0.15) is 5.10 Å². The number of nitrogen functional groups attached to an aromatic ring is 1. The number of hydrogen-bond acceptors (Lipinski definition) is 7. The summed E-state index contributed by atoms with van der Waals surface area (Å²) in [5.74, 6) is 7.70. The van der Waals surface area contributed by atoms with Gasteiger partial charge in [0, 0.05) is 36.8 Å². The van der Waals surface area contributed by atoms with Crippen molar-refractivity contribution in [1.29, 1.82) is 0 Å². The molecule has 0 atom stereocenters. The Bertz CT molecular complexity index is 692. The van der Waals surface area contributed by atoms with E-state index in [0.717, 1.165) is 30.1 Å². The van der Waals surface area contributed by atoms with E-state index in [0.29, 0.717) is 18.2 Å². The minimum absolute atomic E-state index is 0.391. The van der Waals surface area contributed by atoms with Gasteiger partial charge in [-0.3, -0.25) is 0 Å². The molecule has 0 aliphatic carbocycles. The van der Waals surface area contributed by atoms with E-state index in [1.807, 2.05) is 19.1 Å². The molecule has 0 spiro atoms. The molecule has 3 N–H and O–H groups in total. The first-order chi connectivity index (χ1) is 11.6. The van der Waals surface area contributed by atoms with Crippen LogP contribution in [-0.2, 0) is 6.42 Å². The van der Waals surface area contributed by atoms with Crippen molar-refractivity contribution in [1.82, 2.24) is 14.9 Å². The molecule has 2 rings (SSSR count). The highest BCUT2D eigenvalue weighted by Gasteiger charge is 2.08. The molecule has 0 saturated heterocycles. The largest absolute Gasteiger partial charge is 0.496 e. The predicted octanol–water partition coefficient (Wildman–Crippen LogP) is 1.86. The van der Waals surface area contributed by atoms with Crippen molar-refractivity contribution in [2.45, 2.75) is 27.2 Å². The molecule has 24 heavy (non-hydrogen) atoms. The van der Waals surface area contributed by atoms with Gasteiger partial charge in [0.2, 0.25) is 0 Å². The molecule has 0 bridgehead atoms. The molecule has 8 nitrogen and oxygen atoms in total. The predicted molar refractivity (Wildman–Crippen MR) is 97.3 cm³/mol. The van der Waals surface area contributed by atoms with Gasteiger partial charge in [0.1, 0.15) is 5.75 Å². The topological polar surface area (TPSA) is 93.6 Å². The summed E-state index contributed by atoms with van der Waals surface area (Å²) >= 11 is 0. The molecule has 1 aromatic carbocycles. The maximum Gasteiger partial charge on any atom is 0.263 e. The third kappa shape index (κ3) is 3.76. The monoisotopic (exact) mass is 331 g/mol. The van der Waals surface area contributed by atoms with Crippen molar-refractivity contribution in [2.24, 2.45) is 5.10 Å². The zero-order chi connectivity index (χ0) is 17.5. The van der Waals surface area contributed by atoms with Crippen LogP contribution in [0, 0.1) is 0 Å². The summed E-state index contributed by atoms with van der Waals surface area (Å²) < 4.78 is 6.86. The Kier molecular flexibility index (Phi) is 6.00. The quantitative estimate of drug-likeness (QED) is 0.436. The normalized spacial score (nSPS) is 11.0. The lowest BCUT2D eigenvalue weighted by Gasteiger charge is -2.21. The van der Waals surface area contributed by atoms with Crippen LogP contribution < -0.4 is 20.9 Å². The highest BCUT2D eigenvalue weighted by Crippen LogP contribution is 2.24. The number of aryl methyl sites for hydroxylation is 1. The lowest BCUT2D eigenvalue weighted by atomic mass is 10.2. The summed E-state index contributed by atoms with van der Waals surface area (Å²) in [4.78, 5) is 2.25. The second-order valence-electron chi connectivity index (χ2n) is 5.13. The number of methoxy groups -OCH3 is 1. The van der Waals surface area contributed by atoms with E-state index in [4.69, 9.17) is 10.6 Å². The molecule has 0 aliphatic heterocycles. The molecule has 0 radical (unpaired) electrons. The fourth-order valence-corrected chi connectivity index (χ4v) is 2.39. The Morgan fingerprint density at radius 1 is 1.29 bits per heavy atom. The summed E-state index contributed by atoms with van der Waals surface area (Å²) in [6.45, 7) is 8.11. The first-order valence-corrected chi connectivity index (χ1v) is 8.05. The van der Waals surface area contributed by atoms with E-state index in [-0.39, 0.29) is 0 Å². The van der Waals surface area contributed by atoms with Crippen LogP contribution in [0.5, 0.6) is 5.75 Å². The molecule has 130 valence electrons. The third-order valence-electron chi connectivity index (χ3n) is 3.80. The van der Waals surface area contributed by atoms with Gasteiger partial charge < -0.3 is 15.5 Å². The summed E-state index contributed by atoms with van der Waals surface area (Å²) in [6, 6.07) is 6.04. The van der Waals surface area contributed by atoms with E-state index >= 15 is 0 Å². The molecule has 0 fully saturated rings. The molecule has 1 heterocycles. The molecule has 1 aromatic heterocycles. The number of rotatable bonds is 8. The number of aromatic nitrogens is 3. The number of benzene rings is 1. The van der Waals surface area contributed by atoms with Crippen LogP contribution >= 0.6 is 0 Å². The van der Waals surface area contributed by atoms with Gasteiger partial charge in [-0.1, -0.05) is 6.92 Å². The molecular weight excluding hydrogens is 306 g/mol. The number of hydrogen-bond donors (Lipinski definition) is 2. The van der Waals surface area contributed by atoms with Gasteiger partial charge in [-0.05, 0) is 26.0 Å². The molecule has 0 aliphatic rings. The van der Waals surface area contributed by atoms with Gasteiger partial charge in [-0.15, -0.1) is 10.2 Å². The SMILES string of the molecule is CCc1nnc(N/N=C\c2ccc(N(CC)CC)cc2OC)n1N. The number of nitrogens with one attached hydrogen (secondary N) is 1. The van der Waals surface area contributed by atoms with Crippen LogP contribution in [0.25, 0.3) is 0 Å². The van der Waals surface area contributed by atoms with Crippen molar-refractivity contribution < 1.29 is 4.74 Å². The van der Waals surface area contributed by atoms with Crippen LogP contribution in [0.4, 0.5) is 11.6 Å². The highest BCUT2D eigenvalue weighted by atomic mass is 16.5. The van der Waals surface area contributed by atoms with Gasteiger partial charge in [0.05, 0.1) is 13.3 Å². The highest BCUT2D eigenvalue weighted by molar-refractivity contribution is 5.85. The summed E-state index contributed by atoms with van der Waals surface area (Å²) in [7, 11) is 1.65. The number of nitrogens with two attached hydrogens (primary N) is 1. The van der Waals surface area contributed by atoms with Gasteiger partial charge in [0.25, 0.3) is 5.95 Å². The zero-order valence-electron chi connectivity index (χ0n) is 14.7. The first kappa shape index (κ1) is 17.6. The Morgan fingerprint density at radius 2 is 2.04 bits per heavy atom. The van der Waals surface area contributed by atoms with Crippen LogP contribution in [0.15, 0.2) is 23.3 Å². The van der Waals surface area contributed by atoms with E-state index in [9.17, 15) is 0 Å². The number of anilines is 2. The molecule has 8 heteroatoms. The Labute approximate surface area is 142 Å². The van der Waals surface area contributed by atoms with Gasteiger partial charge in [0.15, 0.2) is 5.82 Å². The fourth-order valence-electron chi connectivity index (χ4n) is 2.39. The average Bonchev–Trinajstić information content (AvgIpc) is 2.97. The lowest BCUT2D eigenvalue weighted by molar-refractivity contribution is 0.414. The van der Waals surface area contributed by atoms with Crippen molar-refractivity contribution in [3.8, 4) is 5.75 Å². The Morgan fingerprint density at radius 3 is 2.62 bits per heavy atom. The van der Waals surface area contributed by atoms with Gasteiger partial charge >= 0.3 is 0 Å². The number of nitrogens with zero attached hydrogens (tertiary/aromatic N) is 5. The lowest BCUT2D eigenvalue weighted by Crippen LogP contribution is -2.21. The zero-order valence-corrected chi connectivity index (χ0v) is 14.7. The first-order valence-electron chi connectivity index (χ1n) is 8.05. The minimum Gasteiger partial charge on any atom is -0.496 e. The van der Waals surface area contributed by atoms with E-state index in [1.54, 1.807) is 13.3 Å². The van der Waals surface area contributed by atoms with Crippen molar-refractivity contribution in [2.75, 3.05) is 36.4 Å². The smallest absolute Gasteiger partial charge is 0.263 e. The van der Waals surface area contributed by atoms with Crippen LogP contribution in [0.1, 0.15) is 32.2 Å². The second kappa shape index (κ2) is 8.19. The van der Waals surface area contributed by atoms with Crippen LogP contribution in [0.3, 0.4) is 0 Å². The van der Waals surface area contributed by atoms with E-state index < -0.39 is 0 Å². The van der Waals surface area contributed by atoms with E-state index in [2.05, 4.69) is 45.5 Å². The third-order valence-corrected chi connectivity index (χ3v) is 3.80. The van der Waals surface area contributed by atoms with E-state index in [1.165, 1.54) is 4.68 Å². The standard InChI is InChI=1S/C16H25N7O/c1-5-15-19-21-16(23(15)17)20-18-11-12-8-9-13(10-14(12)24-4)22(6-2)7-3/h8-11H,5-7,17H2,1-4H3,(H,20,21)/b18-11-. The summed E-state index contributed by atoms with van der Waals surface area (Å²) in [5, 5.41) is 12.1. The molecule has 0 unspecified atom stereocenters. The molecular formula is C16H25N7O. The minimum atomic E-state index is 0.391. The van der Waals surface area contributed by atoms with Crippen molar-refractivity contribution >= 4 is 17.9 Å². The Balaban J connectivity index is 2.15. The summed E-state index contributed by atoms with van der Waals surface area (Å²) in [6.07, 6.45) is 2.38. The maximum absolute atomic E-state index is 5.86. The number of hydrazone groups is 1. The molecule has 0 amide bonds. The van der Waals surface area contributed by atoms with Crippen LogP contribution in [-0.4, -0.2) is 41.3 Å². The van der Waals surface area contributed by atoms with Crippen molar-refractivity contribution in [3.05, 3.63) is 29.6 Å². The Hall–Kier alpha value is -2.77. The van der Waals surface area contributed by atoms with Crippen molar-refractivity contribution in [3.63, 3.8) is 0 Å².